The van der Waals surface area contributed by atoms with Crippen LogP contribution in [0.3, 0.4) is 0 Å². The molecule has 0 amide bonds. The fraction of sp³-hybridized carbons (Fsp3) is 0. The van der Waals surface area contributed by atoms with Gasteiger partial charge in [0, 0.05) is 22.4 Å². The minimum Gasteiger partial charge on any atom is -1.00 e. The van der Waals surface area contributed by atoms with Crippen molar-refractivity contribution in [1.29, 1.82) is 0 Å². The van der Waals surface area contributed by atoms with Crippen LogP contribution in [0, 0.1) is 0 Å². The maximum atomic E-state index is 8.88. The van der Waals surface area contributed by atoms with Gasteiger partial charge in [-0.1, -0.05) is 0 Å². The molecular weight excluding hydrogens is 210 g/mol. The molecule has 45 valence electrons. The topological polar surface area (TPSA) is 77.8 Å². The van der Waals surface area contributed by atoms with Crippen molar-refractivity contribution in [3.05, 3.63) is 0 Å². The summed E-state index contributed by atoms with van der Waals surface area (Å²) in [4.78, 5) is 21.6. The fourth-order valence-corrected chi connectivity index (χ4v) is 0. The molecule has 1 radical (unpaired) electrons. The summed E-state index contributed by atoms with van der Waals surface area (Å²) in [6.07, 6.45) is 0. The van der Waals surface area contributed by atoms with Gasteiger partial charge in [-0.3, -0.25) is 0 Å². The first-order valence-electron chi connectivity index (χ1n) is 0.783. The van der Waals surface area contributed by atoms with Gasteiger partial charge < -0.3 is 16.1 Å². The molecule has 0 saturated heterocycles. The van der Waals surface area contributed by atoms with Gasteiger partial charge in [-0.05, 0) is 0 Å². The van der Waals surface area contributed by atoms with Crippen LogP contribution in [0.5, 0.6) is 0 Å². The molecule has 0 aromatic carbocycles. The molecular formula is H4AgLiO4P. The van der Waals surface area contributed by atoms with Gasteiger partial charge in [-0.2, -0.15) is 0 Å². The van der Waals surface area contributed by atoms with Crippen LogP contribution in [0.1, 0.15) is 1.43 Å². The first kappa shape index (κ1) is 15.8. The van der Waals surface area contributed by atoms with Crippen LogP contribution in [0.4, 0.5) is 0 Å². The number of rotatable bonds is 0. The summed E-state index contributed by atoms with van der Waals surface area (Å²) in [5.74, 6) is 0. The summed E-state index contributed by atoms with van der Waals surface area (Å²) in [5, 5.41) is 0. The molecule has 0 aliphatic rings. The maximum Gasteiger partial charge on any atom is 1.00 e. The van der Waals surface area contributed by atoms with E-state index in [1.165, 1.54) is 0 Å². The molecule has 0 aromatic rings. The van der Waals surface area contributed by atoms with Crippen LogP contribution < -0.4 is 18.9 Å². The Kier molecular flexibility index (Phi) is 12.6. The van der Waals surface area contributed by atoms with E-state index in [1.54, 1.807) is 0 Å². The van der Waals surface area contributed by atoms with E-state index in [4.69, 9.17) is 19.2 Å². The van der Waals surface area contributed by atoms with Crippen LogP contribution in [-0.4, -0.2) is 14.7 Å². The second kappa shape index (κ2) is 5.58. The van der Waals surface area contributed by atoms with Crippen molar-refractivity contribution in [2.45, 2.75) is 0 Å². The minimum absolute atomic E-state index is 0. The quantitative estimate of drug-likeness (QED) is 0.285. The van der Waals surface area contributed by atoms with Gasteiger partial charge in [-0.15, -0.1) is 0 Å². The van der Waals surface area contributed by atoms with Gasteiger partial charge in [0.2, 0.25) is 0 Å². The van der Waals surface area contributed by atoms with Crippen molar-refractivity contribution in [2.24, 2.45) is 0 Å². The Labute approximate surface area is 69.7 Å². The van der Waals surface area contributed by atoms with E-state index in [0.717, 1.165) is 0 Å². The van der Waals surface area contributed by atoms with Crippen molar-refractivity contribution in [1.82, 2.24) is 0 Å². The first-order chi connectivity index (χ1) is 2.00. The van der Waals surface area contributed by atoms with Crippen LogP contribution in [0.25, 0.3) is 0 Å². The van der Waals surface area contributed by atoms with E-state index >= 15 is 0 Å². The van der Waals surface area contributed by atoms with Crippen molar-refractivity contribution in [2.75, 3.05) is 0 Å². The molecule has 0 aromatic heterocycles. The zero-order valence-corrected chi connectivity index (χ0v) is 5.88. The number of hydrogen-bond donors (Lipinski definition) is 3. The van der Waals surface area contributed by atoms with Crippen molar-refractivity contribution in [3.8, 4) is 0 Å². The summed E-state index contributed by atoms with van der Waals surface area (Å²) >= 11 is 0. The fourth-order valence-electron chi connectivity index (χ4n) is 0. The van der Waals surface area contributed by atoms with Crippen LogP contribution >= 0.6 is 7.82 Å². The molecule has 0 saturated carbocycles. The smallest absolute Gasteiger partial charge is 1.00 e. The van der Waals surface area contributed by atoms with E-state index < -0.39 is 7.82 Å². The molecule has 7 heavy (non-hydrogen) atoms. The summed E-state index contributed by atoms with van der Waals surface area (Å²) in [6, 6.07) is 0. The normalized spacial score (nSPS) is 8.43. The van der Waals surface area contributed by atoms with Gasteiger partial charge in [-0.25, -0.2) is 4.57 Å². The van der Waals surface area contributed by atoms with Crippen LogP contribution in [0.2, 0.25) is 0 Å². The van der Waals surface area contributed by atoms with E-state index in [1.807, 2.05) is 0 Å². The molecule has 4 nitrogen and oxygen atoms in total. The van der Waals surface area contributed by atoms with Gasteiger partial charge in [0.1, 0.15) is 0 Å². The van der Waals surface area contributed by atoms with Gasteiger partial charge in [0.15, 0.2) is 0 Å². The molecule has 0 rings (SSSR count). The zero-order chi connectivity index (χ0) is 4.50. The van der Waals surface area contributed by atoms with Crippen molar-refractivity contribution < 1.29 is 61.9 Å². The molecule has 0 aliphatic heterocycles. The first-order valence-corrected chi connectivity index (χ1v) is 2.35. The third-order valence-corrected chi connectivity index (χ3v) is 0. The Hall–Kier alpha value is 1.45. The second-order valence-corrected chi connectivity index (χ2v) is 1.54. The SMILES string of the molecule is O=P(O)(O)O.[Ag].[H-].[Li+]. The molecule has 0 fully saturated rings. The summed E-state index contributed by atoms with van der Waals surface area (Å²) in [6.45, 7) is 0. The van der Waals surface area contributed by atoms with E-state index in [0.29, 0.717) is 0 Å². The monoisotopic (exact) mass is 213 g/mol. The molecule has 7 heteroatoms. The summed E-state index contributed by atoms with van der Waals surface area (Å²) < 4.78 is 8.88. The predicted octanol–water partition coefficient (Wildman–Crippen LogP) is -3.81. The Balaban J connectivity index is -0.0000000267. The van der Waals surface area contributed by atoms with Gasteiger partial charge in [0.25, 0.3) is 0 Å². The van der Waals surface area contributed by atoms with E-state index in [9.17, 15) is 0 Å². The molecule has 0 unspecified atom stereocenters. The Morgan fingerprint density at radius 1 is 1.29 bits per heavy atom. The Morgan fingerprint density at radius 2 is 1.29 bits per heavy atom. The van der Waals surface area contributed by atoms with Crippen molar-refractivity contribution >= 4 is 7.82 Å². The van der Waals surface area contributed by atoms with E-state index in [2.05, 4.69) is 0 Å². The average molecular weight is 214 g/mol. The second-order valence-electron chi connectivity index (χ2n) is 0.513. The number of phosphoric acid groups is 1. The van der Waals surface area contributed by atoms with Gasteiger partial charge >= 0.3 is 26.7 Å². The summed E-state index contributed by atoms with van der Waals surface area (Å²) in [5.41, 5.74) is 0. The molecule has 0 spiro atoms. The minimum atomic E-state index is -4.64. The van der Waals surface area contributed by atoms with Crippen LogP contribution in [0.15, 0.2) is 0 Å². The third kappa shape index (κ3) is 105. The largest absolute Gasteiger partial charge is 1.00 e. The average Bonchev–Trinajstić information content (AvgIpc) is 0.722. The molecule has 0 heterocycles. The number of hydrogen-bond acceptors (Lipinski definition) is 1. The standard InChI is InChI=1S/Ag.Li.H3O4P.H/c;;1-5(2,3)4;/h;;(H3,1,2,3,4);/q;+1;;-1. The van der Waals surface area contributed by atoms with Crippen LogP contribution in [-0.2, 0) is 26.9 Å². The Morgan fingerprint density at radius 3 is 1.29 bits per heavy atom. The molecule has 0 atom stereocenters. The molecule has 0 bridgehead atoms. The van der Waals surface area contributed by atoms with E-state index in [-0.39, 0.29) is 42.7 Å². The maximum absolute atomic E-state index is 8.88. The van der Waals surface area contributed by atoms with Crippen molar-refractivity contribution in [3.63, 3.8) is 0 Å². The predicted molar refractivity (Wildman–Crippen MR) is 15.4 cm³/mol. The molecule has 0 aliphatic carbocycles. The van der Waals surface area contributed by atoms with Gasteiger partial charge in [0.05, 0.1) is 0 Å². The Bertz CT molecular complexity index is 62.2. The molecule has 3 N–H and O–H groups in total. The third-order valence-electron chi connectivity index (χ3n) is 0. The zero-order valence-electron chi connectivity index (χ0n) is 4.50. The summed E-state index contributed by atoms with van der Waals surface area (Å²) in [7, 11) is -4.64.